The summed E-state index contributed by atoms with van der Waals surface area (Å²) in [5.41, 5.74) is 1.15. The van der Waals surface area contributed by atoms with Crippen LogP contribution in [0.1, 0.15) is 25.8 Å². The highest BCUT2D eigenvalue weighted by Gasteiger charge is 2.20. The van der Waals surface area contributed by atoms with Gasteiger partial charge in [-0.1, -0.05) is 32.0 Å². The molecule has 0 unspecified atom stereocenters. The zero-order chi connectivity index (χ0) is 9.97. The molecule has 0 amide bonds. The summed E-state index contributed by atoms with van der Waals surface area (Å²) in [6.07, 6.45) is 0.888. The van der Waals surface area contributed by atoms with Gasteiger partial charge < -0.3 is 9.47 Å². The van der Waals surface area contributed by atoms with E-state index in [1.165, 1.54) is 0 Å². The molecule has 1 aliphatic rings. The molecule has 76 valence electrons. The van der Waals surface area contributed by atoms with Gasteiger partial charge in [0, 0.05) is 12.0 Å². The van der Waals surface area contributed by atoms with Crippen LogP contribution in [0.4, 0.5) is 0 Å². The van der Waals surface area contributed by atoms with Gasteiger partial charge in [0.25, 0.3) is 0 Å². The van der Waals surface area contributed by atoms with Gasteiger partial charge in [0.1, 0.15) is 5.75 Å². The van der Waals surface area contributed by atoms with E-state index in [1.54, 1.807) is 0 Å². The van der Waals surface area contributed by atoms with Gasteiger partial charge in [-0.25, -0.2) is 0 Å². The number of ether oxygens (including phenoxy) is 2. The Morgan fingerprint density at radius 2 is 2.14 bits per heavy atom. The number of fused-ring (bicyclic) bond motifs is 1. The van der Waals surface area contributed by atoms with Crippen molar-refractivity contribution in [3.8, 4) is 5.75 Å². The third-order valence-electron chi connectivity index (χ3n) is 2.32. The molecule has 0 saturated carbocycles. The maximum Gasteiger partial charge on any atom is 0.200 e. The summed E-state index contributed by atoms with van der Waals surface area (Å²) in [6, 6.07) is 8.05. The molecule has 0 fully saturated rings. The second-order valence-corrected chi connectivity index (χ2v) is 4.10. The Bertz CT molecular complexity index is 307. The number of benzene rings is 1. The van der Waals surface area contributed by atoms with Gasteiger partial charge in [-0.05, 0) is 12.0 Å². The third-order valence-corrected chi connectivity index (χ3v) is 2.32. The van der Waals surface area contributed by atoms with E-state index < -0.39 is 0 Å². The average molecular weight is 192 g/mol. The maximum absolute atomic E-state index is 5.72. The van der Waals surface area contributed by atoms with E-state index in [-0.39, 0.29) is 6.29 Å². The van der Waals surface area contributed by atoms with Crippen LogP contribution in [-0.2, 0) is 11.3 Å². The first-order chi connectivity index (χ1) is 6.75. The Labute approximate surface area is 84.8 Å². The molecule has 0 spiro atoms. The molecule has 0 aliphatic carbocycles. The van der Waals surface area contributed by atoms with Crippen LogP contribution < -0.4 is 4.74 Å². The first-order valence-electron chi connectivity index (χ1n) is 5.12. The zero-order valence-corrected chi connectivity index (χ0v) is 8.69. The van der Waals surface area contributed by atoms with Crippen molar-refractivity contribution in [2.45, 2.75) is 33.2 Å². The van der Waals surface area contributed by atoms with E-state index in [0.29, 0.717) is 12.5 Å². The van der Waals surface area contributed by atoms with Gasteiger partial charge in [-0.15, -0.1) is 0 Å². The molecule has 0 radical (unpaired) electrons. The average Bonchev–Trinajstić information content (AvgIpc) is 2.17. The van der Waals surface area contributed by atoms with E-state index in [9.17, 15) is 0 Å². The summed E-state index contributed by atoms with van der Waals surface area (Å²) in [5, 5.41) is 0. The topological polar surface area (TPSA) is 18.5 Å². The summed E-state index contributed by atoms with van der Waals surface area (Å²) in [4.78, 5) is 0. The van der Waals surface area contributed by atoms with Crippen LogP contribution >= 0.6 is 0 Å². The molecule has 2 heteroatoms. The van der Waals surface area contributed by atoms with Crippen molar-refractivity contribution in [3.63, 3.8) is 0 Å². The molecule has 2 rings (SSSR count). The summed E-state index contributed by atoms with van der Waals surface area (Å²) >= 11 is 0. The Balaban J connectivity index is 2.06. The molecule has 0 saturated heterocycles. The van der Waals surface area contributed by atoms with E-state index in [0.717, 1.165) is 17.7 Å². The van der Waals surface area contributed by atoms with Crippen molar-refractivity contribution in [1.82, 2.24) is 0 Å². The highest BCUT2D eigenvalue weighted by Crippen LogP contribution is 2.27. The molecule has 2 nitrogen and oxygen atoms in total. The molecule has 0 bridgehead atoms. The van der Waals surface area contributed by atoms with Crippen LogP contribution in [0.3, 0.4) is 0 Å². The van der Waals surface area contributed by atoms with Crippen LogP contribution in [0.2, 0.25) is 0 Å². The van der Waals surface area contributed by atoms with Crippen molar-refractivity contribution >= 4 is 0 Å². The highest BCUT2D eigenvalue weighted by molar-refractivity contribution is 5.33. The van der Waals surface area contributed by atoms with E-state index in [4.69, 9.17) is 9.47 Å². The molecule has 1 aliphatic heterocycles. The lowest BCUT2D eigenvalue weighted by Crippen LogP contribution is -2.26. The van der Waals surface area contributed by atoms with Crippen LogP contribution in [0.5, 0.6) is 5.75 Å². The monoisotopic (exact) mass is 192 g/mol. The zero-order valence-electron chi connectivity index (χ0n) is 8.69. The Morgan fingerprint density at radius 3 is 2.93 bits per heavy atom. The predicted octanol–water partition coefficient (Wildman–Crippen LogP) is 2.97. The minimum absolute atomic E-state index is 0.0649. The number of hydrogen-bond acceptors (Lipinski definition) is 2. The van der Waals surface area contributed by atoms with Crippen molar-refractivity contribution in [2.75, 3.05) is 0 Å². The van der Waals surface area contributed by atoms with Crippen molar-refractivity contribution < 1.29 is 9.47 Å². The molecule has 0 aromatic heterocycles. The first-order valence-corrected chi connectivity index (χ1v) is 5.12. The summed E-state index contributed by atoms with van der Waals surface area (Å²) in [6.45, 7) is 5.02. The van der Waals surface area contributed by atoms with Gasteiger partial charge in [0.05, 0.1) is 6.61 Å². The fraction of sp³-hybridized carbons (Fsp3) is 0.500. The quantitative estimate of drug-likeness (QED) is 0.717. The molecular formula is C12H16O2. The summed E-state index contributed by atoms with van der Waals surface area (Å²) in [5.74, 6) is 1.58. The third kappa shape index (κ3) is 2.07. The van der Waals surface area contributed by atoms with Crippen molar-refractivity contribution in [3.05, 3.63) is 29.8 Å². The number of rotatable bonds is 2. The molecule has 1 aromatic carbocycles. The first kappa shape index (κ1) is 9.53. The van der Waals surface area contributed by atoms with E-state index >= 15 is 0 Å². The second-order valence-electron chi connectivity index (χ2n) is 4.10. The lowest BCUT2D eigenvalue weighted by molar-refractivity contribution is -0.116. The van der Waals surface area contributed by atoms with Gasteiger partial charge in [0.2, 0.25) is 0 Å². The van der Waals surface area contributed by atoms with E-state index in [2.05, 4.69) is 13.8 Å². The highest BCUT2D eigenvalue weighted by atomic mass is 16.7. The van der Waals surface area contributed by atoms with Gasteiger partial charge in [-0.3, -0.25) is 0 Å². The van der Waals surface area contributed by atoms with Gasteiger partial charge in [0.15, 0.2) is 6.29 Å². The van der Waals surface area contributed by atoms with Crippen LogP contribution in [0, 0.1) is 5.92 Å². The van der Waals surface area contributed by atoms with Gasteiger partial charge >= 0.3 is 0 Å². The standard InChI is InChI=1S/C12H16O2/c1-9(2)7-12-13-8-10-5-3-4-6-11(10)14-12/h3-6,9,12H,7-8H2,1-2H3/t12-/m0/s1. The minimum atomic E-state index is -0.0649. The lowest BCUT2D eigenvalue weighted by atomic mass is 10.1. The number of hydrogen-bond donors (Lipinski definition) is 0. The van der Waals surface area contributed by atoms with Crippen molar-refractivity contribution in [2.24, 2.45) is 5.92 Å². The van der Waals surface area contributed by atoms with Crippen molar-refractivity contribution in [1.29, 1.82) is 0 Å². The van der Waals surface area contributed by atoms with Crippen LogP contribution in [0.15, 0.2) is 24.3 Å². The Morgan fingerprint density at radius 1 is 1.36 bits per heavy atom. The second kappa shape index (κ2) is 4.01. The summed E-state index contributed by atoms with van der Waals surface area (Å²) < 4.78 is 11.3. The SMILES string of the molecule is CC(C)C[C@H]1OCc2ccccc2O1. The molecule has 14 heavy (non-hydrogen) atoms. The predicted molar refractivity (Wildman–Crippen MR) is 55.1 cm³/mol. The molecule has 1 heterocycles. The maximum atomic E-state index is 5.72. The smallest absolute Gasteiger partial charge is 0.200 e. The lowest BCUT2D eigenvalue weighted by Gasteiger charge is -2.27. The van der Waals surface area contributed by atoms with Crippen LogP contribution in [0.25, 0.3) is 0 Å². The fourth-order valence-corrected chi connectivity index (χ4v) is 1.60. The summed E-state index contributed by atoms with van der Waals surface area (Å²) in [7, 11) is 0. The molecule has 1 aromatic rings. The molecule has 0 N–H and O–H groups in total. The van der Waals surface area contributed by atoms with Crippen LogP contribution in [-0.4, -0.2) is 6.29 Å². The largest absolute Gasteiger partial charge is 0.465 e. The minimum Gasteiger partial charge on any atom is -0.465 e. The Hall–Kier alpha value is -1.02. The normalized spacial score (nSPS) is 20.4. The number of para-hydroxylation sites is 1. The van der Waals surface area contributed by atoms with Gasteiger partial charge in [-0.2, -0.15) is 0 Å². The Kier molecular flexibility index (Phi) is 2.73. The fourth-order valence-electron chi connectivity index (χ4n) is 1.60. The van der Waals surface area contributed by atoms with E-state index in [1.807, 2.05) is 24.3 Å². The molecule has 1 atom stereocenters. The molecular weight excluding hydrogens is 176 g/mol.